The average Bonchev–Trinajstić information content (AvgIpc) is 2.80. The summed E-state index contributed by atoms with van der Waals surface area (Å²) in [5.74, 6) is -0.608. The number of carbonyl (C=O) groups excluding carboxylic acids is 1. The fourth-order valence-electron chi connectivity index (χ4n) is 2.30. The van der Waals surface area contributed by atoms with Gasteiger partial charge in [0, 0.05) is 18.8 Å². The quantitative estimate of drug-likeness (QED) is 0.755. The number of anilines is 1. The Morgan fingerprint density at radius 3 is 2.75 bits per heavy atom. The second-order valence-corrected chi connectivity index (χ2v) is 4.62. The standard InChI is InChI=1S/C16H13FN2O/c1-11(20)18-14-8-13(17)9-15(10-14)19-7-6-12-4-2-3-5-16(12)19/h2-10H,1H3,(H,18,20). The lowest BCUT2D eigenvalue weighted by Gasteiger charge is -2.09. The predicted molar refractivity (Wildman–Crippen MR) is 77.5 cm³/mol. The highest BCUT2D eigenvalue weighted by Crippen LogP contribution is 2.23. The van der Waals surface area contributed by atoms with E-state index in [2.05, 4.69) is 5.32 Å². The van der Waals surface area contributed by atoms with Gasteiger partial charge >= 0.3 is 0 Å². The molecule has 3 aromatic rings. The van der Waals surface area contributed by atoms with Crippen molar-refractivity contribution in [3.05, 3.63) is 60.5 Å². The van der Waals surface area contributed by atoms with E-state index in [-0.39, 0.29) is 11.7 Å². The topological polar surface area (TPSA) is 34.0 Å². The number of carbonyl (C=O) groups is 1. The van der Waals surface area contributed by atoms with Gasteiger partial charge in [0.25, 0.3) is 0 Å². The minimum absolute atomic E-state index is 0.223. The van der Waals surface area contributed by atoms with Gasteiger partial charge in [-0.15, -0.1) is 0 Å². The van der Waals surface area contributed by atoms with Crippen LogP contribution in [0.15, 0.2) is 54.7 Å². The molecule has 0 aliphatic rings. The number of benzene rings is 2. The molecule has 0 bridgehead atoms. The highest BCUT2D eigenvalue weighted by Gasteiger charge is 2.06. The van der Waals surface area contributed by atoms with Gasteiger partial charge in [-0.1, -0.05) is 18.2 Å². The summed E-state index contributed by atoms with van der Waals surface area (Å²) in [5, 5.41) is 3.69. The van der Waals surface area contributed by atoms with Crippen LogP contribution in [-0.2, 0) is 4.79 Å². The molecule has 2 aromatic carbocycles. The third-order valence-electron chi connectivity index (χ3n) is 3.08. The Morgan fingerprint density at radius 2 is 1.95 bits per heavy atom. The molecule has 0 aliphatic carbocycles. The monoisotopic (exact) mass is 268 g/mol. The number of nitrogens with one attached hydrogen (secondary N) is 1. The highest BCUT2D eigenvalue weighted by molar-refractivity contribution is 5.89. The minimum Gasteiger partial charge on any atom is -0.326 e. The van der Waals surface area contributed by atoms with Gasteiger partial charge < -0.3 is 9.88 Å². The number of rotatable bonds is 2. The van der Waals surface area contributed by atoms with E-state index < -0.39 is 0 Å². The Balaban J connectivity index is 2.14. The Bertz CT molecular complexity index is 792. The fraction of sp³-hybridized carbons (Fsp3) is 0.0625. The van der Waals surface area contributed by atoms with E-state index in [0.717, 1.165) is 10.9 Å². The van der Waals surface area contributed by atoms with Crippen LogP contribution in [0.4, 0.5) is 10.1 Å². The molecule has 0 aliphatic heterocycles. The number of hydrogen-bond acceptors (Lipinski definition) is 1. The van der Waals surface area contributed by atoms with Crippen LogP contribution in [0, 0.1) is 5.82 Å². The van der Waals surface area contributed by atoms with Crippen LogP contribution < -0.4 is 5.32 Å². The van der Waals surface area contributed by atoms with Crippen molar-refractivity contribution in [2.75, 3.05) is 5.32 Å². The third-order valence-corrected chi connectivity index (χ3v) is 3.08. The van der Waals surface area contributed by atoms with Crippen molar-refractivity contribution in [2.24, 2.45) is 0 Å². The summed E-state index contributed by atoms with van der Waals surface area (Å²) in [6.07, 6.45) is 1.89. The van der Waals surface area contributed by atoms with Crippen LogP contribution in [0.1, 0.15) is 6.92 Å². The van der Waals surface area contributed by atoms with E-state index in [1.54, 1.807) is 6.07 Å². The lowest BCUT2D eigenvalue weighted by Crippen LogP contribution is -2.06. The van der Waals surface area contributed by atoms with Crippen molar-refractivity contribution in [3.63, 3.8) is 0 Å². The summed E-state index contributed by atoms with van der Waals surface area (Å²) in [7, 11) is 0. The van der Waals surface area contributed by atoms with Gasteiger partial charge in [0.1, 0.15) is 5.82 Å². The molecule has 0 radical (unpaired) electrons. The molecule has 0 saturated heterocycles. The van der Waals surface area contributed by atoms with Gasteiger partial charge in [-0.2, -0.15) is 0 Å². The molecule has 3 nitrogen and oxygen atoms in total. The van der Waals surface area contributed by atoms with Crippen molar-refractivity contribution >= 4 is 22.5 Å². The summed E-state index contributed by atoms with van der Waals surface area (Å²) < 4.78 is 15.6. The smallest absolute Gasteiger partial charge is 0.221 e. The molecule has 1 aromatic heterocycles. The normalized spacial score (nSPS) is 10.7. The molecule has 4 heteroatoms. The molecule has 1 amide bonds. The first kappa shape index (κ1) is 12.4. The summed E-state index contributed by atoms with van der Waals surface area (Å²) >= 11 is 0. The first-order valence-electron chi connectivity index (χ1n) is 6.28. The number of halogens is 1. The summed E-state index contributed by atoms with van der Waals surface area (Å²) in [6, 6.07) is 14.3. The van der Waals surface area contributed by atoms with Crippen molar-refractivity contribution < 1.29 is 9.18 Å². The minimum atomic E-state index is -0.385. The molecule has 0 saturated carbocycles. The second kappa shape index (κ2) is 4.81. The summed E-state index contributed by atoms with van der Waals surface area (Å²) in [6.45, 7) is 1.40. The van der Waals surface area contributed by atoms with Crippen molar-refractivity contribution in [3.8, 4) is 5.69 Å². The van der Waals surface area contributed by atoms with Crippen LogP contribution in [-0.4, -0.2) is 10.5 Å². The average molecular weight is 268 g/mol. The van der Waals surface area contributed by atoms with Gasteiger partial charge in [0.15, 0.2) is 0 Å². The first-order valence-corrected chi connectivity index (χ1v) is 6.28. The van der Waals surface area contributed by atoms with E-state index in [1.165, 1.54) is 19.1 Å². The number of nitrogens with zero attached hydrogens (tertiary/aromatic N) is 1. The second-order valence-electron chi connectivity index (χ2n) is 4.62. The van der Waals surface area contributed by atoms with Crippen LogP contribution in [0.25, 0.3) is 16.6 Å². The maximum absolute atomic E-state index is 13.7. The zero-order valence-corrected chi connectivity index (χ0v) is 10.9. The van der Waals surface area contributed by atoms with Crippen LogP contribution in [0.5, 0.6) is 0 Å². The molecule has 100 valence electrons. The third kappa shape index (κ3) is 2.28. The molecule has 3 rings (SSSR count). The van der Waals surface area contributed by atoms with Crippen LogP contribution in [0.2, 0.25) is 0 Å². The molecule has 20 heavy (non-hydrogen) atoms. The Kier molecular flexibility index (Phi) is 2.99. The Labute approximate surface area is 115 Å². The lowest BCUT2D eigenvalue weighted by atomic mass is 10.2. The van der Waals surface area contributed by atoms with Gasteiger partial charge in [0.2, 0.25) is 5.91 Å². The largest absolute Gasteiger partial charge is 0.326 e. The van der Waals surface area contributed by atoms with E-state index in [0.29, 0.717) is 11.4 Å². The molecule has 0 spiro atoms. The number of para-hydroxylation sites is 1. The molecular formula is C16H13FN2O. The molecular weight excluding hydrogens is 255 g/mol. The van der Waals surface area contributed by atoms with Gasteiger partial charge in [0.05, 0.1) is 11.2 Å². The molecule has 0 atom stereocenters. The Morgan fingerprint density at radius 1 is 1.15 bits per heavy atom. The number of fused-ring (bicyclic) bond motifs is 1. The Hall–Kier alpha value is -2.62. The number of hydrogen-bond donors (Lipinski definition) is 1. The fourth-order valence-corrected chi connectivity index (χ4v) is 2.30. The maximum Gasteiger partial charge on any atom is 0.221 e. The van der Waals surface area contributed by atoms with Gasteiger partial charge in [-0.05, 0) is 35.7 Å². The zero-order valence-electron chi connectivity index (χ0n) is 10.9. The highest BCUT2D eigenvalue weighted by atomic mass is 19.1. The number of amides is 1. The molecule has 1 N–H and O–H groups in total. The first-order chi connectivity index (χ1) is 9.63. The molecule has 1 heterocycles. The van der Waals surface area contributed by atoms with Crippen LogP contribution >= 0.6 is 0 Å². The zero-order chi connectivity index (χ0) is 14.1. The SMILES string of the molecule is CC(=O)Nc1cc(F)cc(-n2ccc3ccccc32)c1. The summed E-state index contributed by atoms with van der Waals surface area (Å²) in [5.41, 5.74) is 2.12. The van der Waals surface area contributed by atoms with Crippen molar-refractivity contribution in [2.45, 2.75) is 6.92 Å². The van der Waals surface area contributed by atoms with E-state index in [1.807, 2.05) is 41.1 Å². The number of aromatic nitrogens is 1. The predicted octanol–water partition coefficient (Wildman–Crippen LogP) is 3.73. The van der Waals surface area contributed by atoms with E-state index in [4.69, 9.17) is 0 Å². The summed E-state index contributed by atoms with van der Waals surface area (Å²) in [4.78, 5) is 11.1. The van der Waals surface area contributed by atoms with Gasteiger partial charge in [-0.25, -0.2) is 4.39 Å². The van der Waals surface area contributed by atoms with E-state index in [9.17, 15) is 9.18 Å². The molecule has 0 fully saturated rings. The maximum atomic E-state index is 13.7. The van der Waals surface area contributed by atoms with Gasteiger partial charge in [-0.3, -0.25) is 4.79 Å². The van der Waals surface area contributed by atoms with Crippen LogP contribution in [0.3, 0.4) is 0 Å². The lowest BCUT2D eigenvalue weighted by molar-refractivity contribution is -0.114. The molecule has 0 unspecified atom stereocenters. The van der Waals surface area contributed by atoms with E-state index >= 15 is 0 Å². The van der Waals surface area contributed by atoms with Crippen molar-refractivity contribution in [1.29, 1.82) is 0 Å². The van der Waals surface area contributed by atoms with Crippen molar-refractivity contribution in [1.82, 2.24) is 4.57 Å².